The number of carboxylic acid groups (broad SMARTS) is 2. The Kier molecular flexibility index (Phi) is 10.2. The molecule has 15 heteroatoms. The Morgan fingerprint density at radius 1 is 0.667 bits per heavy atom. The van der Waals surface area contributed by atoms with Crippen LogP contribution in [0.5, 0.6) is 40.2 Å². The van der Waals surface area contributed by atoms with E-state index in [0.29, 0.717) is 5.56 Å². The first-order chi connectivity index (χ1) is 24.2. The lowest BCUT2D eigenvalue weighted by atomic mass is 9.87. The van der Waals surface area contributed by atoms with E-state index >= 15 is 0 Å². The molecule has 0 saturated heterocycles. The second-order valence-electron chi connectivity index (χ2n) is 11.4. The fourth-order valence-electron chi connectivity index (χ4n) is 5.42. The molecule has 4 aromatic carbocycles. The Bertz CT molecular complexity index is 2020. The fraction of sp³-hybridized carbons (Fsp3) is 0.167. The minimum absolute atomic E-state index is 0.0512. The van der Waals surface area contributed by atoms with Crippen molar-refractivity contribution in [1.82, 2.24) is 0 Å². The molecule has 1 aliphatic rings. The summed E-state index contributed by atoms with van der Waals surface area (Å²) in [5.74, 6) is -9.55. The first-order valence-corrected chi connectivity index (χ1v) is 15.1. The summed E-state index contributed by atoms with van der Waals surface area (Å²) in [4.78, 5) is 50.8. The number of aromatic hydroxyl groups is 6. The van der Waals surface area contributed by atoms with Crippen LogP contribution < -0.4 is 4.74 Å². The summed E-state index contributed by atoms with van der Waals surface area (Å²) < 4.78 is 16.6. The first-order valence-electron chi connectivity index (χ1n) is 15.1. The molecule has 0 saturated carbocycles. The highest BCUT2D eigenvalue weighted by atomic mass is 16.6. The zero-order valence-corrected chi connectivity index (χ0v) is 26.2. The fourth-order valence-corrected chi connectivity index (χ4v) is 5.42. The van der Waals surface area contributed by atoms with Crippen molar-refractivity contribution in [3.05, 3.63) is 107 Å². The maximum Gasteiger partial charge on any atom is 0.345 e. The average molecular weight is 703 g/mol. The van der Waals surface area contributed by atoms with Crippen LogP contribution in [0.25, 0.3) is 6.08 Å². The van der Waals surface area contributed by atoms with Crippen molar-refractivity contribution in [3.8, 4) is 40.2 Å². The van der Waals surface area contributed by atoms with Crippen LogP contribution in [0.4, 0.5) is 0 Å². The summed E-state index contributed by atoms with van der Waals surface area (Å²) in [5.41, 5.74) is 0.795. The van der Waals surface area contributed by atoms with Gasteiger partial charge < -0.3 is 55.1 Å². The lowest BCUT2D eigenvalue weighted by Gasteiger charge is -2.22. The third-order valence-electron chi connectivity index (χ3n) is 7.93. The molecule has 0 amide bonds. The summed E-state index contributed by atoms with van der Waals surface area (Å²) in [7, 11) is 0. The van der Waals surface area contributed by atoms with Gasteiger partial charge in [-0.3, -0.25) is 4.79 Å². The number of carbonyl (C=O) groups is 4. The van der Waals surface area contributed by atoms with Crippen molar-refractivity contribution in [3.63, 3.8) is 0 Å². The van der Waals surface area contributed by atoms with Gasteiger partial charge >= 0.3 is 23.9 Å². The summed E-state index contributed by atoms with van der Waals surface area (Å²) in [6, 6.07) is 15.1. The zero-order valence-electron chi connectivity index (χ0n) is 26.2. The number of carbonyl (C=O) groups excluding carboxylic acids is 2. The van der Waals surface area contributed by atoms with E-state index in [4.69, 9.17) is 14.2 Å². The van der Waals surface area contributed by atoms with Crippen LogP contribution in [-0.4, -0.2) is 76.9 Å². The maximum absolute atomic E-state index is 13.9. The largest absolute Gasteiger partial charge is 0.508 e. The molecule has 0 spiro atoms. The average Bonchev–Trinajstić information content (AvgIpc) is 3.49. The normalized spacial score (nSPS) is 16.1. The quantitative estimate of drug-likeness (QED) is 0.0596. The molecule has 0 bridgehead atoms. The van der Waals surface area contributed by atoms with Gasteiger partial charge in [0.1, 0.15) is 17.8 Å². The highest BCUT2D eigenvalue weighted by molar-refractivity contribution is 5.92. The number of hydrogen-bond donors (Lipinski definition) is 8. The van der Waals surface area contributed by atoms with Gasteiger partial charge in [0, 0.05) is 24.5 Å². The molecule has 0 aromatic heterocycles. The number of hydrogen-bond acceptors (Lipinski definition) is 13. The Balaban J connectivity index is 1.47. The molecule has 1 heterocycles. The topological polar surface area (TPSA) is 258 Å². The van der Waals surface area contributed by atoms with E-state index < -0.39 is 76.9 Å². The first kappa shape index (κ1) is 35.4. The minimum Gasteiger partial charge on any atom is -0.508 e. The van der Waals surface area contributed by atoms with Crippen molar-refractivity contribution in [2.24, 2.45) is 0 Å². The Morgan fingerprint density at radius 3 is 1.86 bits per heavy atom. The molecule has 0 fully saturated rings. The molecule has 4 aromatic rings. The third-order valence-corrected chi connectivity index (χ3v) is 7.93. The van der Waals surface area contributed by atoms with E-state index in [1.807, 2.05) is 0 Å². The number of carboxylic acids is 2. The number of ether oxygens (including phenoxy) is 3. The zero-order chi connectivity index (χ0) is 37.0. The minimum atomic E-state index is -1.73. The third kappa shape index (κ3) is 8.05. The van der Waals surface area contributed by atoms with Gasteiger partial charge in [0.15, 0.2) is 34.5 Å². The van der Waals surface area contributed by atoms with E-state index in [-0.39, 0.29) is 46.6 Å². The number of phenolic OH excluding ortho intramolecular Hbond substituents is 6. The molecule has 0 radical (unpaired) electrons. The number of rotatable bonds is 12. The predicted molar refractivity (Wildman–Crippen MR) is 173 cm³/mol. The lowest BCUT2D eigenvalue weighted by molar-refractivity contribution is -0.166. The summed E-state index contributed by atoms with van der Waals surface area (Å²) in [6.45, 7) is 0. The molecule has 15 nitrogen and oxygen atoms in total. The molecule has 51 heavy (non-hydrogen) atoms. The van der Waals surface area contributed by atoms with Crippen LogP contribution in [0.2, 0.25) is 0 Å². The van der Waals surface area contributed by atoms with E-state index in [2.05, 4.69) is 0 Å². The van der Waals surface area contributed by atoms with Gasteiger partial charge in [-0.25, -0.2) is 14.4 Å². The monoisotopic (exact) mass is 702 g/mol. The molecule has 1 aliphatic heterocycles. The SMILES string of the molecule is O=C(/C=C\c1ccc(O)c2c1C(C(=O)OC(Cc1ccc(O)cc1)C(=O)O)C(c1ccc(O)c(O)c1)O2)OC(Cc1ccc(O)c(O)c1)C(=O)O. The van der Waals surface area contributed by atoms with Crippen molar-refractivity contribution in [2.45, 2.75) is 37.1 Å². The number of esters is 2. The van der Waals surface area contributed by atoms with Crippen LogP contribution in [-0.2, 0) is 41.5 Å². The smallest absolute Gasteiger partial charge is 0.345 e. The lowest BCUT2D eigenvalue weighted by Crippen LogP contribution is -2.32. The van der Waals surface area contributed by atoms with E-state index in [0.717, 1.165) is 36.4 Å². The molecule has 5 rings (SSSR count). The number of phenols is 6. The standard InChI is InChI=1S/C36H30O15/c37-21-7-1-17(2-8-21)14-28(35(46)47)50-36(48)31-30-19(4-11-24(40)33(30)51-32(31)20-5-10-23(39)26(42)16-20)6-12-29(43)49-27(34(44)45)15-18-3-9-22(38)25(41)13-18/h1-13,16,27-28,31-32,37-42H,14-15H2,(H,44,45)(H,46,47)/b12-6-. The molecule has 264 valence electrons. The van der Waals surface area contributed by atoms with E-state index in [1.165, 1.54) is 48.5 Å². The van der Waals surface area contributed by atoms with Crippen LogP contribution in [0.1, 0.15) is 39.8 Å². The maximum atomic E-state index is 13.9. The second-order valence-corrected chi connectivity index (χ2v) is 11.4. The van der Waals surface area contributed by atoms with Gasteiger partial charge in [-0.2, -0.15) is 0 Å². The van der Waals surface area contributed by atoms with Crippen molar-refractivity contribution in [1.29, 1.82) is 0 Å². The summed E-state index contributed by atoms with van der Waals surface area (Å²) in [6.07, 6.45) is -3.45. The predicted octanol–water partition coefficient (Wildman–Crippen LogP) is 3.63. The van der Waals surface area contributed by atoms with Gasteiger partial charge in [-0.15, -0.1) is 0 Å². The van der Waals surface area contributed by atoms with Crippen LogP contribution in [0.15, 0.2) is 78.9 Å². The van der Waals surface area contributed by atoms with Gasteiger partial charge in [0.2, 0.25) is 12.2 Å². The molecule has 4 unspecified atom stereocenters. The van der Waals surface area contributed by atoms with E-state index in [9.17, 15) is 60.0 Å². The number of fused-ring (bicyclic) bond motifs is 1. The molecule has 4 atom stereocenters. The van der Waals surface area contributed by atoms with Gasteiger partial charge in [-0.05, 0) is 70.8 Å². The highest BCUT2D eigenvalue weighted by Gasteiger charge is 2.46. The van der Waals surface area contributed by atoms with Gasteiger partial charge in [-0.1, -0.05) is 30.3 Å². The van der Waals surface area contributed by atoms with Gasteiger partial charge in [0.05, 0.1) is 0 Å². The number of benzene rings is 4. The Hall–Kier alpha value is -6.90. The van der Waals surface area contributed by atoms with Crippen LogP contribution >= 0.6 is 0 Å². The molecule has 0 aliphatic carbocycles. The summed E-state index contributed by atoms with van der Waals surface area (Å²) in [5, 5.41) is 79.2. The molecular weight excluding hydrogens is 672 g/mol. The second kappa shape index (κ2) is 14.7. The Labute approximate surface area is 288 Å². The highest BCUT2D eigenvalue weighted by Crippen LogP contribution is 2.53. The van der Waals surface area contributed by atoms with Gasteiger partial charge in [0.25, 0.3) is 0 Å². The molecule has 8 N–H and O–H groups in total. The summed E-state index contributed by atoms with van der Waals surface area (Å²) >= 11 is 0. The van der Waals surface area contributed by atoms with E-state index in [1.54, 1.807) is 0 Å². The van der Waals surface area contributed by atoms with Crippen molar-refractivity contribution in [2.75, 3.05) is 0 Å². The van der Waals surface area contributed by atoms with Crippen molar-refractivity contribution >= 4 is 30.0 Å². The van der Waals surface area contributed by atoms with Crippen LogP contribution in [0, 0.1) is 0 Å². The van der Waals surface area contributed by atoms with Crippen LogP contribution in [0.3, 0.4) is 0 Å². The van der Waals surface area contributed by atoms with Crippen molar-refractivity contribution < 1.29 is 74.2 Å². The molecular formula is C36H30O15. The number of aliphatic carboxylic acids is 2. The Morgan fingerprint density at radius 2 is 1.24 bits per heavy atom.